The molecule has 0 spiro atoms. The van der Waals surface area contributed by atoms with Crippen molar-refractivity contribution in [2.75, 3.05) is 13.1 Å². The number of carbonyl (C=O) groups is 1. The van der Waals surface area contributed by atoms with Crippen LogP contribution in [-0.2, 0) is 6.54 Å². The monoisotopic (exact) mass is 340 g/mol. The largest absolute Gasteiger partial charge is 0.420 e. The number of fused-ring (bicyclic) bond motifs is 1. The molecule has 128 valence electrons. The van der Waals surface area contributed by atoms with Gasteiger partial charge in [-0.05, 0) is 48.7 Å². The van der Waals surface area contributed by atoms with Gasteiger partial charge in [0.2, 0.25) is 0 Å². The Morgan fingerprint density at radius 3 is 2.52 bits per heavy atom. The minimum Gasteiger partial charge on any atom is -0.408 e. The summed E-state index contributed by atoms with van der Waals surface area (Å²) in [6.45, 7) is 1.79. The topological polar surface area (TPSA) is 55.5 Å². The second kappa shape index (κ2) is 6.20. The maximum Gasteiger partial charge on any atom is 0.420 e. The van der Waals surface area contributed by atoms with Gasteiger partial charge in [0.25, 0.3) is 5.91 Å². The van der Waals surface area contributed by atoms with E-state index in [4.69, 9.17) is 4.42 Å². The van der Waals surface area contributed by atoms with E-state index in [0.29, 0.717) is 16.7 Å². The Bertz CT molecular complexity index is 982. The van der Waals surface area contributed by atoms with Crippen LogP contribution in [0.1, 0.15) is 28.8 Å². The molecule has 1 aliphatic heterocycles. The Kier molecular flexibility index (Phi) is 3.87. The molecule has 0 radical (unpaired) electrons. The van der Waals surface area contributed by atoms with Crippen molar-refractivity contribution in [2.24, 2.45) is 0 Å². The zero-order valence-electron chi connectivity index (χ0n) is 13.6. The molecule has 1 aromatic heterocycles. The third-order valence-electron chi connectivity index (χ3n) is 4.56. The highest BCUT2D eigenvalue weighted by molar-refractivity contribution is 5.97. The van der Waals surface area contributed by atoms with Crippen LogP contribution in [0.2, 0.25) is 0 Å². The van der Waals surface area contributed by atoms with E-state index in [1.807, 2.05) is 4.90 Å². The number of nitrogens with zero attached hydrogens (tertiary/aromatic N) is 2. The lowest BCUT2D eigenvalue weighted by Gasteiger charge is -2.15. The van der Waals surface area contributed by atoms with Crippen molar-refractivity contribution in [2.45, 2.75) is 19.4 Å². The van der Waals surface area contributed by atoms with E-state index < -0.39 is 5.76 Å². The highest BCUT2D eigenvalue weighted by Gasteiger charge is 2.21. The summed E-state index contributed by atoms with van der Waals surface area (Å²) >= 11 is 0. The Morgan fingerprint density at radius 1 is 1.08 bits per heavy atom. The Balaban J connectivity index is 1.72. The standard InChI is InChI=1S/C19H17FN2O3/c20-15-6-3-13(4-7-15)12-22-16-11-14(5-8-17(16)25-19(22)24)18(23)21-9-1-2-10-21/h3-8,11H,1-2,9-10,12H2. The third kappa shape index (κ3) is 2.95. The summed E-state index contributed by atoms with van der Waals surface area (Å²) in [5.41, 5.74) is 2.33. The molecule has 1 amide bonds. The van der Waals surface area contributed by atoms with Crippen LogP contribution < -0.4 is 5.76 Å². The lowest BCUT2D eigenvalue weighted by Crippen LogP contribution is -2.27. The second-order valence-electron chi connectivity index (χ2n) is 6.26. The van der Waals surface area contributed by atoms with Gasteiger partial charge in [-0.25, -0.2) is 9.18 Å². The summed E-state index contributed by atoms with van der Waals surface area (Å²) in [4.78, 5) is 26.6. The first-order valence-electron chi connectivity index (χ1n) is 8.29. The normalized spacial score (nSPS) is 14.4. The third-order valence-corrected chi connectivity index (χ3v) is 4.56. The molecule has 4 rings (SSSR count). The average molecular weight is 340 g/mol. The van der Waals surface area contributed by atoms with Gasteiger partial charge in [0, 0.05) is 18.7 Å². The highest BCUT2D eigenvalue weighted by atomic mass is 19.1. The molecule has 25 heavy (non-hydrogen) atoms. The van der Waals surface area contributed by atoms with Gasteiger partial charge in [0.05, 0.1) is 12.1 Å². The molecule has 1 saturated heterocycles. The molecule has 1 aliphatic rings. The first kappa shape index (κ1) is 15.6. The molecular formula is C19H17FN2O3. The van der Waals surface area contributed by atoms with Crippen LogP contribution in [0.3, 0.4) is 0 Å². The van der Waals surface area contributed by atoms with E-state index in [9.17, 15) is 14.0 Å². The van der Waals surface area contributed by atoms with Gasteiger partial charge in [0.1, 0.15) is 5.82 Å². The van der Waals surface area contributed by atoms with Crippen molar-refractivity contribution < 1.29 is 13.6 Å². The van der Waals surface area contributed by atoms with Crippen LogP contribution >= 0.6 is 0 Å². The fraction of sp³-hybridized carbons (Fsp3) is 0.263. The van der Waals surface area contributed by atoms with Crippen LogP contribution in [0.4, 0.5) is 4.39 Å². The number of hydrogen-bond acceptors (Lipinski definition) is 3. The molecule has 0 unspecified atom stereocenters. The molecule has 2 heterocycles. The Hall–Kier alpha value is -2.89. The fourth-order valence-electron chi connectivity index (χ4n) is 3.22. The molecule has 0 saturated carbocycles. The van der Waals surface area contributed by atoms with E-state index in [1.54, 1.807) is 30.3 Å². The molecule has 0 N–H and O–H groups in total. The number of likely N-dealkylation sites (tertiary alicyclic amines) is 1. The number of benzene rings is 2. The van der Waals surface area contributed by atoms with E-state index in [1.165, 1.54) is 16.7 Å². The first-order valence-corrected chi connectivity index (χ1v) is 8.29. The van der Waals surface area contributed by atoms with E-state index >= 15 is 0 Å². The van der Waals surface area contributed by atoms with Crippen molar-refractivity contribution in [3.63, 3.8) is 0 Å². The van der Waals surface area contributed by atoms with E-state index in [2.05, 4.69) is 0 Å². The molecule has 2 aromatic carbocycles. The molecule has 0 atom stereocenters. The second-order valence-corrected chi connectivity index (χ2v) is 6.26. The van der Waals surface area contributed by atoms with Crippen molar-refractivity contribution in [1.82, 2.24) is 9.47 Å². The van der Waals surface area contributed by atoms with Gasteiger partial charge in [-0.15, -0.1) is 0 Å². The summed E-state index contributed by atoms with van der Waals surface area (Å²) in [5, 5.41) is 0. The summed E-state index contributed by atoms with van der Waals surface area (Å²) in [7, 11) is 0. The SMILES string of the molecule is O=C(c1ccc2oc(=O)n(Cc3ccc(F)cc3)c2c1)N1CCCC1. The maximum atomic E-state index is 13.1. The van der Waals surface area contributed by atoms with Gasteiger partial charge >= 0.3 is 5.76 Å². The van der Waals surface area contributed by atoms with E-state index in [0.717, 1.165) is 31.5 Å². The van der Waals surface area contributed by atoms with Crippen molar-refractivity contribution in [3.8, 4) is 0 Å². The molecule has 3 aromatic rings. The van der Waals surface area contributed by atoms with Gasteiger partial charge < -0.3 is 9.32 Å². The van der Waals surface area contributed by atoms with Gasteiger partial charge in [-0.1, -0.05) is 12.1 Å². The minimum atomic E-state index is -0.495. The summed E-state index contributed by atoms with van der Waals surface area (Å²) in [5.74, 6) is -0.849. The quantitative estimate of drug-likeness (QED) is 0.736. The average Bonchev–Trinajstić information content (AvgIpc) is 3.25. The van der Waals surface area contributed by atoms with Crippen LogP contribution in [0.25, 0.3) is 11.1 Å². The van der Waals surface area contributed by atoms with Crippen LogP contribution in [0.5, 0.6) is 0 Å². The molecule has 5 nitrogen and oxygen atoms in total. The zero-order chi connectivity index (χ0) is 17.4. The number of oxazole rings is 1. The minimum absolute atomic E-state index is 0.0265. The summed E-state index contributed by atoms with van der Waals surface area (Å²) < 4.78 is 19.8. The van der Waals surface area contributed by atoms with E-state index in [-0.39, 0.29) is 18.3 Å². The Labute approximate surface area is 143 Å². The smallest absolute Gasteiger partial charge is 0.408 e. The lowest BCUT2D eigenvalue weighted by molar-refractivity contribution is 0.0793. The van der Waals surface area contributed by atoms with Gasteiger partial charge in [-0.3, -0.25) is 9.36 Å². The molecule has 1 fully saturated rings. The predicted molar refractivity (Wildman–Crippen MR) is 91.1 cm³/mol. The van der Waals surface area contributed by atoms with Crippen LogP contribution in [-0.4, -0.2) is 28.5 Å². The Morgan fingerprint density at radius 2 is 1.80 bits per heavy atom. The molecule has 6 heteroatoms. The molecular weight excluding hydrogens is 323 g/mol. The zero-order valence-corrected chi connectivity index (χ0v) is 13.6. The number of aromatic nitrogens is 1. The predicted octanol–water partition coefficient (Wildman–Crippen LogP) is 3.02. The highest BCUT2D eigenvalue weighted by Crippen LogP contribution is 2.19. The van der Waals surface area contributed by atoms with Crippen molar-refractivity contribution in [1.29, 1.82) is 0 Å². The molecule has 0 aliphatic carbocycles. The number of hydrogen-bond donors (Lipinski definition) is 0. The van der Waals surface area contributed by atoms with Gasteiger partial charge in [0.15, 0.2) is 5.58 Å². The molecule has 0 bridgehead atoms. The number of amides is 1. The fourth-order valence-corrected chi connectivity index (χ4v) is 3.22. The summed E-state index contributed by atoms with van der Waals surface area (Å²) in [6, 6.07) is 11.0. The van der Waals surface area contributed by atoms with Crippen LogP contribution in [0.15, 0.2) is 51.7 Å². The lowest BCUT2D eigenvalue weighted by atomic mass is 10.1. The summed E-state index contributed by atoms with van der Waals surface area (Å²) in [6.07, 6.45) is 2.05. The van der Waals surface area contributed by atoms with Crippen molar-refractivity contribution >= 4 is 17.0 Å². The van der Waals surface area contributed by atoms with Crippen molar-refractivity contribution in [3.05, 3.63) is 70.0 Å². The maximum absolute atomic E-state index is 13.1. The van der Waals surface area contributed by atoms with Gasteiger partial charge in [-0.2, -0.15) is 0 Å². The number of halogens is 1. The first-order chi connectivity index (χ1) is 12.1. The van der Waals surface area contributed by atoms with Crippen LogP contribution in [0, 0.1) is 5.82 Å². The number of carbonyl (C=O) groups excluding carboxylic acids is 1. The number of rotatable bonds is 3.